The Morgan fingerprint density at radius 1 is 1.45 bits per heavy atom. The van der Waals surface area contributed by atoms with Gasteiger partial charge in [-0.15, -0.1) is 0 Å². The first-order chi connectivity index (χ1) is 9.58. The summed E-state index contributed by atoms with van der Waals surface area (Å²) in [4.78, 5) is 2.61. The number of nitrogens with zero attached hydrogens (tertiary/aromatic N) is 1. The van der Waals surface area contributed by atoms with Gasteiger partial charge in [0.2, 0.25) is 0 Å². The summed E-state index contributed by atoms with van der Waals surface area (Å²) in [6.07, 6.45) is 5.27. The lowest BCUT2D eigenvalue weighted by molar-refractivity contribution is 0.254. The number of likely N-dealkylation sites (N-methyl/N-ethyl adjacent to an activating group) is 1. The Morgan fingerprint density at radius 3 is 2.80 bits per heavy atom. The van der Waals surface area contributed by atoms with Gasteiger partial charge in [0.05, 0.1) is 0 Å². The summed E-state index contributed by atoms with van der Waals surface area (Å²) in [5.74, 6) is -0.318. The summed E-state index contributed by atoms with van der Waals surface area (Å²) >= 11 is 4.96. The van der Waals surface area contributed by atoms with Crippen LogP contribution in [0.1, 0.15) is 31.2 Å². The molecule has 20 heavy (non-hydrogen) atoms. The third kappa shape index (κ3) is 3.90. The minimum Gasteiger partial charge on any atom is -0.389 e. The lowest BCUT2D eigenvalue weighted by Crippen LogP contribution is -2.33. The summed E-state index contributed by atoms with van der Waals surface area (Å²) in [6, 6.07) is 5.20. The summed E-state index contributed by atoms with van der Waals surface area (Å²) < 4.78 is 13.2. The smallest absolute Gasteiger partial charge is 0.124 e. The highest BCUT2D eigenvalue weighted by molar-refractivity contribution is 7.80. The van der Waals surface area contributed by atoms with Gasteiger partial charge in [-0.25, -0.2) is 4.39 Å². The molecule has 1 fully saturated rings. The van der Waals surface area contributed by atoms with E-state index < -0.39 is 0 Å². The van der Waals surface area contributed by atoms with Gasteiger partial charge in [0, 0.05) is 30.4 Å². The second-order valence-electron chi connectivity index (χ2n) is 5.40. The average Bonchev–Trinajstić information content (AvgIpc) is 2.94. The normalized spacial score (nSPS) is 15.8. The number of rotatable bonds is 6. The molecule has 0 radical (unpaired) electrons. The SMILES string of the molecule is CN(CCNc1ccc(F)cc1C(N)=S)C1CCCC1. The largest absolute Gasteiger partial charge is 0.389 e. The molecule has 0 bridgehead atoms. The van der Waals surface area contributed by atoms with E-state index in [1.54, 1.807) is 6.07 Å². The number of nitrogens with one attached hydrogen (secondary N) is 1. The number of hydrogen-bond donors (Lipinski definition) is 2. The predicted octanol–water partition coefficient (Wildman–Crippen LogP) is 2.75. The van der Waals surface area contributed by atoms with Crippen molar-refractivity contribution < 1.29 is 4.39 Å². The topological polar surface area (TPSA) is 41.3 Å². The van der Waals surface area contributed by atoms with Gasteiger partial charge < -0.3 is 16.0 Å². The van der Waals surface area contributed by atoms with E-state index in [9.17, 15) is 4.39 Å². The third-order valence-corrected chi connectivity index (χ3v) is 4.19. The molecule has 5 heteroatoms. The van der Waals surface area contributed by atoms with E-state index in [0.717, 1.165) is 18.8 Å². The van der Waals surface area contributed by atoms with Crippen LogP contribution in [-0.4, -0.2) is 36.1 Å². The summed E-state index contributed by atoms with van der Waals surface area (Å²) in [5.41, 5.74) is 7.01. The van der Waals surface area contributed by atoms with Gasteiger partial charge in [0.1, 0.15) is 10.8 Å². The number of thiocarbonyl (C=S) groups is 1. The van der Waals surface area contributed by atoms with Crippen LogP contribution in [0.15, 0.2) is 18.2 Å². The lowest BCUT2D eigenvalue weighted by atomic mass is 10.1. The predicted molar refractivity (Wildman–Crippen MR) is 85.7 cm³/mol. The summed E-state index contributed by atoms with van der Waals surface area (Å²) in [6.45, 7) is 1.76. The molecule has 0 spiro atoms. The monoisotopic (exact) mass is 295 g/mol. The molecule has 1 aliphatic carbocycles. The molecule has 0 saturated heterocycles. The van der Waals surface area contributed by atoms with E-state index in [1.807, 2.05) is 0 Å². The molecule has 0 aliphatic heterocycles. The fourth-order valence-electron chi connectivity index (χ4n) is 2.77. The molecular weight excluding hydrogens is 273 g/mol. The van der Waals surface area contributed by atoms with Crippen LogP contribution in [0.2, 0.25) is 0 Å². The van der Waals surface area contributed by atoms with Crippen molar-refractivity contribution in [2.75, 3.05) is 25.5 Å². The second-order valence-corrected chi connectivity index (χ2v) is 5.84. The van der Waals surface area contributed by atoms with Gasteiger partial charge in [-0.05, 0) is 38.1 Å². The maximum absolute atomic E-state index is 13.2. The van der Waals surface area contributed by atoms with Crippen molar-refractivity contribution >= 4 is 22.9 Å². The van der Waals surface area contributed by atoms with E-state index in [1.165, 1.54) is 37.8 Å². The van der Waals surface area contributed by atoms with Crippen molar-refractivity contribution in [3.05, 3.63) is 29.6 Å². The molecule has 3 nitrogen and oxygen atoms in total. The van der Waals surface area contributed by atoms with Crippen LogP contribution in [0, 0.1) is 5.82 Å². The maximum atomic E-state index is 13.2. The van der Waals surface area contributed by atoms with E-state index in [0.29, 0.717) is 11.6 Å². The zero-order valence-corrected chi connectivity index (χ0v) is 12.7. The molecule has 2 rings (SSSR count). The Kier molecular flexibility index (Phi) is 5.31. The van der Waals surface area contributed by atoms with Crippen LogP contribution in [0.25, 0.3) is 0 Å². The molecule has 3 N–H and O–H groups in total. The van der Waals surface area contributed by atoms with Crippen molar-refractivity contribution in [3.63, 3.8) is 0 Å². The quantitative estimate of drug-likeness (QED) is 0.792. The van der Waals surface area contributed by atoms with E-state index in [-0.39, 0.29) is 10.8 Å². The lowest BCUT2D eigenvalue weighted by Gasteiger charge is -2.24. The Labute approximate surface area is 125 Å². The van der Waals surface area contributed by atoms with E-state index in [4.69, 9.17) is 18.0 Å². The molecule has 1 aliphatic rings. The number of hydrogen-bond acceptors (Lipinski definition) is 3. The number of benzene rings is 1. The van der Waals surface area contributed by atoms with Gasteiger partial charge in [0.15, 0.2) is 0 Å². The van der Waals surface area contributed by atoms with Crippen molar-refractivity contribution in [3.8, 4) is 0 Å². The highest BCUT2D eigenvalue weighted by Crippen LogP contribution is 2.22. The minimum atomic E-state index is -0.318. The van der Waals surface area contributed by atoms with Crippen molar-refractivity contribution in [1.82, 2.24) is 4.90 Å². The number of halogens is 1. The van der Waals surface area contributed by atoms with Crippen LogP contribution in [0.4, 0.5) is 10.1 Å². The second kappa shape index (κ2) is 6.99. The molecule has 1 aromatic carbocycles. The van der Waals surface area contributed by atoms with Crippen LogP contribution in [0.3, 0.4) is 0 Å². The third-order valence-electron chi connectivity index (χ3n) is 3.98. The Morgan fingerprint density at radius 2 is 2.15 bits per heavy atom. The molecule has 0 atom stereocenters. The Balaban J connectivity index is 1.89. The first-order valence-electron chi connectivity index (χ1n) is 7.11. The molecular formula is C15H22FN3S. The fraction of sp³-hybridized carbons (Fsp3) is 0.533. The van der Waals surface area contributed by atoms with Gasteiger partial charge >= 0.3 is 0 Å². The van der Waals surface area contributed by atoms with Gasteiger partial charge in [-0.1, -0.05) is 25.1 Å². The molecule has 0 amide bonds. The zero-order chi connectivity index (χ0) is 14.5. The van der Waals surface area contributed by atoms with Crippen molar-refractivity contribution in [1.29, 1.82) is 0 Å². The molecule has 1 aromatic rings. The number of nitrogens with two attached hydrogens (primary N) is 1. The van der Waals surface area contributed by atoms with Crippen molar-refractivity contribution in [2.24, 2.45) is 5.73 Å². The Hall–Kier alpha value is -1.20. The van der Waals surface area contributed by atoms with Gasteiger partial charge in [-0.3, -0.25) is 0 Å². The van der Waals surface area contributed by atoms with Crippen molar-refractivity contribution in [2.45, 2.75) is 31.7 Å². The fourth-order valence-corrected chi connectivity index (χ4v) is 2.94. The first kappa shape index (κ1) is 15.2. The zero-order valence-electron chi connectivity index (χ0n) is 11.9. The average molecular weight is 295 g/mol. The first-order valence-corrected chi connectivity index (χ1v) is 7.52. The van der Waals surface area contributed by atoms with Gasteiger partial charge in [0.25, 0.3) is 0 Å². The van der Waals surface area contributed by atoms with Crippen LogP contribution < -0.4 is 11.1 Å². The van der Waals surface area contributed by atoms with E-state index in [2.05, 4.69) is 17.3 Å². The number of anilines is 1. The van der Waals surface area contributed by atoms with E-state index >= 15 is 0 Å². The molecule has 1 saturated carbocycles. The molecule has 0 unspecified atom stereocenters. The molecule has 0 heterocycles. The maximum Gasteiger partial charge on any atom is 0.124 e. The highest BCUT2D eigenvalue weighted by Gasteiger charge is 2.18. The molecule has 0 aromatic heterocycles. The van der Waals surface area contributed by atoms with Gasteiger partial charge in [-0.2, -0.15) is 0 Å². The summed E-state index contributed by atoms with van der Waals surface area (Å²) in [5, 5.41) is 3.30. The van der Waals surface area contributed by atoms with Crippen LogP contribution in [-0.2, 0) is 0 Å². The Bertz CT molecular complexity index is 472. The van der Waals surface area contributed by atoms with Crippen LogP contribution in [0.5, 0.6) is 0 Å². The van der Waals surface area contributed by atoms with Crippen LogP contribution >= 0.6 is 12.2 Å². The highest BCUT2D eigenvalue weighted by atomic mass is 32.1. The standard InChI is InChI=1S/C15H22FN3S/c1-19(12-4-2-3-5-12)9-8-18-14-7-6-11(16)10-13(14)15(17)20/h6-7,10,12,18H,2-5,8-9H2,1H3,(H2,17,20). The summed E-state index contributed by atoms with van der Waals surface area (Å²) in [7, 11) is 2.16. The minimum absolute atomic E-state index is 0.219. The molecule has 110 valence electrons.